The molecule has 0 saturated heterocycles. The Labute approximate surface area is 191 Å². The van der Waals surface area contributed by atoms with Crippen LogP contribution in [0.15, 0.2) is 113 Å². The molecule has 0 atom stereocenters. The van der Waals surface area contributed by atoms with Crippen LogP contribution in [0.5, 0.6) is 5.75 Å². The second-order valence-electron chi connectivity index (χ2n) is 7.61. The van der Waals surface area contributed by atoms with Gasteiger partial charge in [-0.15, -0.1) is 0 Å². The van der Waals surface area contributed by atoms with Crippen LogP contribution >= 0.6 is 0 Å². The highest BCUT2D eigenvalue weighted by molar-refractivity contribution is 7.92. The van der Waals surface area contributed by atoms with Crippen molar-refractivity contribution >= 4 is 20.7 Å². The number of halogens is 1. The summed E-state index contributed by atoms with van der Waals surface area (Å²) in [6, 6.07) is 29.1. The predicted octanol–water partition coefficient (Wildman–Crippen LogP) is 6.39. The second-order valence-corrected chi connectivity index (χ2v) is 9.49. The van der Waals surface area contributed by atoms with Gasteiger partial charge in [0.2, 0.25) is 9.84 Å². The number of ether oxygens (including phenoxy) is 1. The van der Waals surface area contributed by atoms with Gasteiger partial charge in [0.25, 0.3) is 0 Å². The van der Waals surface area contributed by atoms with Gasteiger partial charge in [-0.1, -0.05) is 54.6 Å². The van der Waals surface area contributed by atoms with E-state index in [9.17, 15) is 12.8 Å². The third kappa shape index (κ3) is 4.01. The molecule has 0 aliphatic carbocycles. The van der Waals surface area contributed by atoms with Gasteiger partial charge in [-0.25, -0.2) is 12.8 Å². The molecule has 5 rings (SSSR count). The van der Waals surface area contributed by atoms with Gasteiger partial charge in [0.15, 0.2) is 0 Å². The van der Waals surface area contributed by atoms with Gasteiger partial charge < -0.3 is 9.72 Å². The first-order valence-electron chi connectivity index (χ1n) is 10.4. The number of fused-ring (bicyclic) bond motifs is 1. The Bertz CT molecular complexity index is 1510. The highest BCUT2D eigenvalue weighted by Crippen LogP contribution is 2.41. The molecule has 0 bridgehead atoms. The number of aromatic nitrogens is 1. The van der Waals surface area contributed by atoms with Gasteiger partial charge in [0.1, 0.15) is 23.1 Å². The smallest absolute Gasteiger partial charge is 0.209 e. The summed E-state index contributed by atoms with van der Waals surface area (Å²) in [6.45, 7) is 0.293. The average Bonchev–Trinajstić information content (AvgIpc) is 3.25. The summed E-state index contributed by atoms with van der Waals surface area (Å²) in [7, 11) is -3.92. The van der Waals surface area contributed by atoms with Crippen molar-refractivity contribution in [2.45, 2.75) is 16.4 Å². The minimum Gasteiger partial charge on any atom is -0.488 e. The van der Waals surface area contributed by atoms with Gasteiger partial charge in [-0.2, -0.15) is 0 Å². The molecule has 5 aromatic rings. The molecule has 6 heteroatoms. The first kappa shape index (κ1) is 21.0. The van der Waals surface area contributed by atoms with E-state index in [1.165, 1.54) is 12.1 Å². The number of hydrogen-bond acceptors (Lipinski definition) is 3. The van der Waals surface area contributed by atoms with E-state index >= 15 is 0 Å². The van der Waals surface area contributed by atoms with Crippen LogP contribution in [0, 0.1) is 5.82 Å². The monoisotopic (exact) mass is 457 g/mol. The van der Waals surface area contributed by atoms with Gasteiger partial charge >= 0.3 is 0 Å². The zero-order valence-electron chi connectivity index (χ0n) is 17.5. The van der Waals surface area contributed by atoms with Gasteiger partial charge in [0, 0.05) is 0 Å². The van der Waals surface area contributed by atoms with Crippen molar-refractivity contribution in [3.63, 3.8) is 0 Å². The maximum absolute atomic E-state index is 13.8. The zero-order chi connectivity index (χ0) is 22.8. The second kappa shape index (κ2) is 8.56. The van der Waals surface area contributed by atoms with E-state index in [1.807, 2.05) is 42.5 Å². The molecule has 0 radical (unpaired) electrons. The van der Waals surface area contributed by atoms with Crippen LogP contribution < -0.4 is 4.74 Å². The highest BCUT2D eigenvalue weighted by Gasteiger charge is 2.29. The number of benzene rings is 4. The maximum atomic E-state index is 13.8. The number of rotatable bonds is 6. The lowest BCUT2D eigenvalue weighted by Gasteiger charge is -2.11. The normalized spacial score (nSPS) is 11.5. The van der Waals surface area contributed by atoms with Gasteiger partial charge in [-0.05, 0) is 59.7 Å². The van der Waals surface area contributed by atoms with E-state index in [4.69, 9.17) is 4.74 Å². The van der Waals surface area contributed by atoms with Crippen LogP contribution in [0.1, 0.15) is 5.56 Å². The fourth-order valence-electron chi connectivity index (χ4n) is 3.85. The molecule has 4 nitrogen and oxygen atoms in total. The summed E-state index contributed by atoms with van der Waals surface area (Å²) in [5, 5.41) is 0.469. The molecule has 1 N–H and O–H groups in total. The topological polar surface area (TPSA) is 59.2 Å². The van der Waals surface area contributed by atoms with E-state index in [0.717, 1.165) is 5.56 Å². The summed E-state index contributed by atoms with van der Waals surface area (Å²) in [6.07, 6.45) is 0. The van der Waals surface area contributed by atoms with Crippen molar-refractivity contribution < 1.29 is 17.5 Å². The minimum absolute atomic E-state index is 0.110. The lowest BCUT2D eigenvalue weighted by Crippen LogP contribution is -2.04. The third-order valence-electron chi connectivity index (χ3n) is 5.43. The maximum Gasteiger partial charge on any atom is 0.209 e. The highest BCUT2D eigenvalue weighted by atomic mass is 32.2. The largest absolute Gasteiger partial charge is 0.488 e. The van der Waals surface area contributed by atoms with Crippen molar-refractivity contribution in [3.05, 3.63) is 115 Å². The number of nitrogens with one attached hydrogen (secondary N) is 1. The van der Waals surface area contributed by atoms with Crippen molar-refractivity contribution in [1.29, 1.82) is 0 Å². The van der Waals surface area contributed by atoms with E-state index in [-0.39, 0.29) is 9.79 Å². The van der Waals surface area contributed by atoms with Crippen LogP contribution in [0.25, 0.3) is 22.2 Å². The van der Waals surface area contributed by atoms with E-state index in [2.05, 4.69) is 4.98 Å². The van der Waals surface area contributed by atoms with Crippen molar-refractivity contribution in [3.8, 4) is 17.0 Å². The predicted molar refractivity (Wildman–Crippen MR) is 126 cm³/mol. The molecule has 0 fully saturated rings. The van der Waals surface area contributed by atoms with Crippen LogP contribution in [0.4, 0.5) is 4.39 Å². The average molecular weight is 458 g/mol. The van der Waals surface area contributed by atoms with E-state index < -0.39 is 15.7 Å². The SMILES string of the molecule is O=S(=O)(c1ccccc1)c1c(-c2ccc(F)cc2)[nH]c2cccc(OCc3ccccc3)c12. The fraction of sp³-hybridized carbons (Fsp3) is 0.0370. The van der Waals surface area contributed by atoms with Crippen LogP contribution in [0.2, 0.25) is 0 Å². The molecular weight excluding hydrogens is 437 g/mol. The molecule has 1 heterocycles. The Morgan fingerprint density at radius 3 is 2.12 bits per heavy atom. The van der Waals surface area contributed by atoms with Gasteiger partial charge in [0.05, 0.1) is 21.5 Å². The minimum atomic E-state index is -3.92. The van der Waals surface area contributed by atoms with Crippen LogP contribution in [-0.2, 0) is 16.4 Å². The summed E-state index contributed by atoms with van der Waals surface area (Å²) in [5.74, 6) is 0.0599. The Balaban J connectivity index is 1.73. The lowest BCUT2D eigenvalue weighted by molar-refractivity contribution is 0.309. The molecule has 1 aromatic heterocycles. The summed E-state index contributed by atoms with van der Waals surface area (Å²) < 4.78 is 47.4. The molecule has 164 valence electrons. The Morgan fingerprint density at radius 1 is 0.758 bits per heavy atom. The van der Waals surface area contributed by atoms with Crippen LogP contribution in [0.3, 0.4) is 0 Å². The van der Waals surface area contributed by atoms with Crippen molar-refractivity contribution in [2.24, 2.45) is 0 Å². The Morgan fingerprint density at radius 2 is 1.42 bits per heavy atom. The number of hydrogen-bond donors (Lipinski definition) is 1. The van der Waals surface area contributed by atoms with E-state index in [0.29, 0.717) is 34.5 Å². The molecule has 33 heavy (non-hydrogen) atoms. The first-order chi connectivity index (χ1) is 16.0. The number of aromatic amines is 1. The molecule has 0 spiro atoms. The summed E-state index contributed by atoms with van der Waals surface area (Å²) in [5.41, 5.74) is 2.55. The third-order valence-corrected chi connectivity index (χ3v) is 7.27. The first-order valence-corrected chi connectivity index (χ1v) is 11.9. The van der Waals surface area contributed by atoms with E-state index in [1.54, 1.807) is 48.5 Å². The number of H-pyrrole nitrogens is 1. The molecule has 0 unspecified atom stereocenters. The Kier molecular flexibility index (Phi) is 5.44. The van der Waals surface area contributed by atoms with Crippen molar-refractivity contribution in [2.75, 3.05) is 0 Å². The molecule has 0 aliphatic heterocycles. The molecule has 0 amide bonds. The van der Waals surface area contributed by atoms with Crippen LogP contribution in [-0.4, -0.2) is 13.4 Å². The summed E-state index contributed by atoms with van der Waals surface area (Å²) in [4.78, 5) is 3.52. The Hall–Kier alpha value is -3.90. The molecular formula is C27H20FNO3S. The fourth-order valence-corrected chi connectivity index (χ4v) is 5.52. The van der Waals surface area contributed by atoms with Gasteiger partial charge in [-0.3, -0.25) is 0 Å². The lowest BCUT2D eigenvalue weighted by atomic mass is 10.1. The summed E-state index contributed by atoms with van der Waals surface area (Å²) >= 11 is 0. The van der Waals surface area contributed by atoms with Crippen molar-refractivity contribution in [1.82, 2.24) is 4.98 Å². The quantitative estimate of drug-likeness (QED) is 0.322. The molecule has 0 aliphatic rings. The standard InChI is InChI=1S/C27H20FNO3S/c28-21-16-14-20(15-17-21)26-27(33(30,31)22-10-5-2-6-11-22)25-23(29-26)12-7-13-24(25)32-18-19-8-3-1-4-9-19/h1-17,29H,18H2. The zero-order valence-corrected chi connectivity index (χ0v) is 18.3. The molecule has 0 saturated carbocycles. The number of sulfone groups is 1. The molecule has 4 aromatic carbocycles.